The number of aromatic nitrogens is 3. The summed E-state index contributed by atoms with van der Waals surface area (Å²) in [5.74, 6) is 0. The van der Waals surface area contributed by atoms with E-state index >= 15 is 0 Å². The Labute approximate surface area is 181 Å². The Balaban J connectivity index is 0.000000730. The summed E-state index contributed by atoms with van der Waals surface area (Å²) in [7, 11) is -3.73. The van der Waals surface area contributed by atoms with Gasteiger partial charge in [-0.25, -0.2) is 12.4 Å². The van der Waals surface area contributed by atoms with Gasteiger partial charge in [-0.05, 0) is 43.7 Å². The molecule has 3 aromatic rings. The summed E-state index contributed by atoms with van der Waals surface area (Å²) >= 11 is 0. The molecule has 10 heteroatoms. The quantitative estimate of drug-likeness (QED) is 0.613. The number of hydrogen-bond donors (Lipinski definition) is 1. The first-order valence-electron chi connectivity index (χ1n) is 10.2. The van der Waals surface area contributed by atoms with E-state index in [-0.39, 0.29) is 11.4 Å². The molecule has 31 heavy (non-hydrogen) atoms. The molecule has 9 nitrogen and oxygen atoms in total. The number of anilines is 1. The number of piperazine rings is 1. The van der Waals surface area contributed by atoms with Gasteiger partial charge in [0.2, 0.25) is 0 Å². The number of rotatable bonds is 3. The van der Waals surface area contributed by atoms with E-state index in [1.165, 1.54) is 36.0 Å². The van der Waals surface area contributed by atoms with Crippen molar-refractivity contribution in [2.75, 3.05) is 31.1 Å². The SMILES string of the molecule is O=CO.O=S(=O)(c1cccnc1)n1cc(N2CCN3CCCCC3C2)c2ncccc21. The molecular formula is C21H25N5O4S. The van der Waals surface area contributed by atoms with Crippen molar-refractivity contribution in [3.8, 4) is 0 Å². The Morgan fingerprint density at radius 1 is 1.10 bits per heavy atom. The van der Waals surface area contributed by atoms with Gasteiger partial charge >= 0.3 is 0 Å². The van der Waals surface area contributed by atoms with Crippen LogP contribution in [0.25, 0.3) is 11.0 Å². The molecule has 5 rings (SSSR count). The summed E-state index contributed by atoms with van der Waals surface area (Å²) in [6, 6.07) is 7.35. The normalized spacial score (nSPS) is 19.4. The van der Waals surface area contributed by atoms with Gasteiger partial charge in [-0.1, -0.05) is 6.42 Å². The van der Waals surface area contributed by atoms with Crippen molar-refractivity contribution in [2.24, 2.45) is 0 Å². The molecule has 0 amide bonds. The highest BCUT2D eigenvalue weighted by atomic mass is 32.2. The molecule has 0 aromatic carbocycles. The molecule has 2 aliphatic rings. The van der Waals surface area contributed by atoms with Crippen LogP contribution < -0.4 is 4.90 Å². The molecule has 164 valence electrons. The summed E-state index contributed by atoms with van der Waals surface area (Å²) in [5.41, 5.74) is 2.24. The lowest BCUT2D eigenvalue weighted by molar-refractivity contribution is -0.122. The number of piperidine rings is 1. The minimum Gasteiger partial charge on any atom is -0.483 e. The van der Waals surface area contributed by atoms with Crippen LogP contribution in [-0.2, 0) is 14.8 Å². The van der Waals surface area contributed by atoms with Crippen molar-refractivity contribution in [1.82, 2.24) is 18.8 Å². The van der Waals surface area contributed by atoms with Crippen LogP contribution >= 0.6 is 0 Å². The lowest BCUT2D eigenvalue weighted by Crippen LogP contribution is -2.54. The molecule has 0 radical (unpaired) electrons. The van der Waals surface area contributed by atoms with Gasteiger partial charge < -0.3 is 10.0 Å². The summed E-state index contributed by atoms with van der Waals surface area (Å²) in [6.07, 6.45) is 10.2. The highest BCUT2D eigenvalue weighted by Crippen LogP contribution is 2.33. The topological polar surface area (TPSA) is 109 Å². The Kier molecular flexibility index (Phi) is 6.19. The van der Waals surface area contributed by atoms with E-state index in [0.29, 0.717) is 11.6 Å². The van der Waals surface area contributed by atoms with Crippen LogP contribution in [0.5, 0.6) is 0 Å². The highest BCUT2D eigenvalue weighted by Gasteiger charge is 2.31. The molecule has 3 aromatic heterocycles. The van der Waals surface area contributed by atoms with Crippen LogP contribution in [0.4, 0.5) is 5.69 Å². The minimum absolute atomic E-state index is 0.180. The molecule has 2 fully saturated rings. The van der Waals surface area contributed by atoms with E-state index in [2.05, 4.69) is 19.8 Å². The third-order valence-corrected chi connectivity index (χ3v) is 7.53. The average molecular weight is 444 g/mol. The third-order valence-electron chi connectivity index (χ3n) is 5.88. The first-order chi connectivity index (χ1) is 15.1. The summed E-state index contributed by atoms with van der Waals surface area (Å²) in [5, 5.41) is 6.89. The maximum absolute atomic E-state index is 13.2. The fourth-order valence-corrected chi connectivity index (χ4v) is 5.75. The van der Waals surface area contributed by atoms with Crippen molar-refractivity contribution >= 4 is 33.2 Å². The van der Waals surface area contributed by atoms with Crippen LogP contribution in [0.2, 0.25) is 0 Å². The van der Waals surface area contributed by atoms with Gasteiger partial charge in [0.1, 0.15) is 10.4 Å². The van der Waals surface area contributed by atoms with E-state index in [4.69, 9.17) is 9.90 Å². The Morgan fingerprint density at radius 2 is 1.90 bits per heavy atom. The van der Waals surface area contributed by atoms with E-state index in [1.54, 1.807) is 36.8 Å². The van der Waals surface area contributed by atoms with Crippen molar-refractivity contribution < 1.29 is 18.3 Å². The number of fused-ring (bicyclic) bond motifs is 2. The monoisotopic (exact) mass is 443 g/mol. The maximum Gasteiger partial charge on any atom is 0.290 e. The average Bonchev–Trinajstić information content (AvgIpc) is 3.20. The van der Waals surface area contributed by atoms with Gasteiger partial charge in [0, 0.05) is 50.5 Å². The zero-order chi connectivity index (χ0) is 21.8. The number of hydrogen-bond acceptors (Lipinski definition) is 7. The Hall–Kier alpha value is -2.98. The molecular weight excluding hydrogens is 418 g/mol. The van der Waals surface area contributed by atoms with Crippen LogP contribution in [0.1, 0.15) is 19.3 Å². The van der Waals surface area contributed by atoms with Crippen molar-refractivity contribution in [3.05, 3.63) is 49.1 Å². The largest absolute Gasteiger partial charge is 0.483 e. The van der Waals surface area contributed by atoms with Crippen LogP contribution in [0.3, 0.4) is 0 Å². The minimum atomic E-state index is -3.73. The maximum atomic E-state index is 13.2. The van der Waals surface area contributed by atoms with Gasteiger partial charge in [-0.2, -0.15) is 0 Å². The van der Waals surface area contributed by atoms with Gasteiger partial charge in [-0.15, -0.1) is 0 Å². The van der Waals surface area contributed by atoms with Crippen LogP contribution in [0, 0.1) is 0 Å². The first kappa shape index (κ1) is 21.3. The predicted molar refractivity (Wildman–Crippen MR) is 117 cm³/mol. The molecule has 0 saturated carbocycles. The predicted octanol–water partition coefficient (Wildman–Crippen LogP) is 2.04. The van der Waals surface area contributed by atoms with Crippen molar-refractivity contribution in [1.29, 1.82) is 0 Å². The second-order valence-electron chi connectivity index (χ2n) is 7.61. The van der Waals surface area contributed by atoms with Gasteiger partial charge in [0.05, 0.1) is 11.2 Å². The second kappa shape index (κ2) is 9.03. The van der Waals surface area contributed by atoms with Crippen LogP contribution in [0.15, 0.2) is 53.9 Å². The van der Waals surface area contributed by atoms with E-state index in [9.17, 15) is 8.42 Å². The molecule has 1 atom stereocenters. The lowest BCUT2D eigenvalue weighted by atomic mass is 9.99. The number of nitrogens with zero attached hydrogens (tertiary/aromatic N) is 5. The molecule has 0 aliphatic carbocycles. The van der Waals surface area contributed by atoms with Crippen LogP contribution in [-0.4, -0.2) is 71.1 Å². The van der Waals surface area contributed by atoms with Gasteiger partial charge in [0.25, 0.3) is 16.5 Å². The standard InChI is InChI=1S/C20H23N5O2S.CH2O2/c26-28(27,17-6-3-8-21-13-17)25-15-19(20-18(25)7-4-9-22-20)24-12-11-23-10-2-1-5-16(23)14-24;2-1-3/h3-4,6-9,13,15-16H,1-2,5,10-12,14H2;1H,(H,2,3). The van der Waals surface area contributed by atoms with Gasteiger partial charge in [-0.3, -0.25) is 19.7 Å². The molecule has 1 unspecified atom stereocenters. The summed E-state index contributed by atoms with van der Waals surface area (Å²) in [6.45, 7) is 3.75. The zero-order valence-corrected chi connectivity index (χ0v) is 17.9. The highest BCUT2D eigenvalue weighted by molar-refractivity contribution is 7.90. The summed E-state index contributed by atoms with van der Waals surface area (Å²) in [4.78, 5) is 21.9. The number of carbonyl (C=O) groups is 1. The van der Waals surface area contributed by atoms with Gasteiger partial charge in [0.15, 0.2) is 0 Å². The third kappa shape index (κ3) is 4.13. The fourth-order valence-electron chi connectivity index (χ4n) is 4.43. The smallest absolute Gasteiger partial charge is 0.290 e. The molecule has 5 heterocycles. The second-order valence-corrected chi connectivity index (χ2v) is 9.43. The molecule has 0 spiro atoms. The molecule has 2 aliphatic heterocycles. The summed E-state index contributed by atoms with van der Waals surface area (Å²) < 4.78 is 27.8. The first-order valence-corrected chi connectivity index (χ1v) is 11.7. The fraction of sp³-hybridized carbons (Fsp3) is 0.381. The van der Waals surface area contributed by atoms with E-state index in [0.717, 1.165) is 30.8 Å². The van der Waals surface area contributed by atoms with E-state index in [1.807, 2.05) is 6.07 Å². The Morgan fingerprint density at radius 3 is 2.68 bits per heavy atom. The van der Waals surface area contributed by atoms with E-state index < -0.39 is 10.0 Å². The zero-order valence-electron chi connectivity index (χ0n) is 17.0. The lowest BCUT2D eigenvalue weighted by Gasteiger charge is -2.44. The molecule has 0 bridgehead atoms. The number of pyridine rings is 2. The van der Waals surface area contributed by atoms with Crippen molar-refractivity contribution in [3.63, 3.8) is 0 Å². The molecule has 2 saturated heterocycles. The van der Waals surface area contributed by atoms with Crippen molar-refractivity contribution in [2.45, 2.75) is 30.2 Å². The Bertz CT molecular complexity index is 1150. The molecule has 1 N–H and O–H groups in total. The number of carboxylic acid groups (broad SMARTS) is 1.